The maximum Gasteiger partial charge on any atom is 0.303 e. The summed E-state index contributed by atoms with van der Waals surface area (Å²) in [5.74, 6) is 0.966. The minimum atomic E-state index is -0.730. The highest BCUT2D eigenvalue weighted by Crippen LogP contribution is 2.31. The first-order valence-electron chi connectivity index (χ1n) is 13.5. The highest BCUT2D eigenvalue weighted by molar-refractivity contribution is 5.80. The van der Waals surface area contributed by atoms with Gasteiger partial charge in [-0.2, -0.15) is 5.16 Å². The van der Waals surface area contributed by atoms with E-state index in [-0.39, 0.29) is 23.5 Å². The lowest BCUT2D eigenvalue weighted by Gasteiger charge is -2.17. The van der Waals surface area contributed by atoms with Gasteiger partial charge in [0.05, 0.1) is 24.6 Å². The number of nitrogens with zero attached hydrogens (tertiary/aromatic N) is 4. The van der Waals surface area contributed by atoms with Gasteiger partial charge in [-0.25, -0.2) is 14.5 Å². The molecule has 0 bridgehead atoms. The van der Waals surface area contributed by atoms with E-state index in [2.05, 4.69) is 21.6 Å². The number of hydrogen-bond acceptors (Lipinski definition) is 8. The molecule has 0 spiro atoms. The third-order valence-corrected chi connectivity index (χ3v) is 6.59. The zero-order valence-corrected chi connectivity index (χ0v) is 23.5. The number of aromatic nitrogens is 4. The van der Waals surface area contributed by atoms with Crippen LogP contribution in [0.25, 0.3) is 28.2 Å². The van der Waals surface area contributed by atoms with Crippen molar-refractivity contribution in [1.82, 2.24) is 19.7 Å². The average molecular weight is 552 g/mol. The molecule has 0 fully saturated rings. The Kier molecular flexibility index (Phi) is 8.14. The molecule has 0 aliphatic heterocycles. The van der Waals surface area contributed by atoms with Crippen LogP contribution in [-0.2, 0) is 12.8 Å². The standard InChI is InChI=1S/C32H32N4O5/c1-5-8-28-27(30(37)36(31(33-28)39-4)23-15-17-24(18-16-23)40-20(2)3)19-21-11-13-22(14-12-21)25-9-6-7-10-26(25)29-34-32(38)41-35-29/h6-7,9-18,20H,5,8,19H2,1-4H3,(H,34,35,38)/p-1. The van der Waals surface area contributed by atoms with Crippen molar-refractivity contribution < 1.29 is 19.1 Å². The second kappa shape index (κ2) is 12.1. The molecule has 0 radical (unpaired) electrons. The first kappa shape index (κ1) is 27.6. The fraction of sp³-hybridized carbons (Fsp3) is 0.250. The molecule has 0 saturated heterocycles. The van der Waals surface area contributed by atoms with Crippen molar-refractivity contribution in [3.63, 3.8) is 0 Å². The number of hydrogen-bond donors (Lipinski definition) is 0. The maximum absolute atomic E-state index is 14.0. The van der Waals surface area contributed by atoms with Gasteiger partial charge in [-0.15, -0.1) is 0 Å². The number of aryl methyl sites for hydroxylation is 1. The molecule has 0 atom stereocenters. The largest absolute Gasteiger partial charge is 0.528 e. The highest BCUT2D eigenvalue weighted by Gasteiger charge is 2.19. The van der Waals surface area contributed by atoms with Gasteiger partial charge in [0, 0.05) is 17.5 Å². The van der Waals surface area contributed by atoms with Gasteiger partial charge in [0.25, 0.3) is 5.56 Å². The van der Waals surface area contributed by atoms with E-state index < -0.39 is 6.08 Å². The second-order valence-electron chi connectivity index (χ2n) is 9.88. The van der Waals surface area contributed by atoms with Crippen LogP contribution in [0.4, 0.5) is 0 Å². The molecular weight excluding hydrogens is 520 g/mol. The molecule has 210 valence electrons. The van der Waals surface area contributed by atoms with Crippen LogP contribution in [0.3, 0.4) is 0 Å². The Bertz CT molecular complexity index is 1690. The molecule has 41 heavy (non-hydrogen) atoms. The van der Waals surface area contributed by atoms with E-state index in [1.165, 1.54) is 11.7 Å². The molecule has 9 heteroatoms. The van der Waals surface area contributed by atoms with E-state index in [0.29, 0.717) is 29.7 Å². The van der Waals surface area contributed by atoms with E-state index in [1.807, 2.05) is 86.6 Å². The predicted octanol–water partition coefficient (Wildman–Crippen LogP) is 5.36. The lowest BCUT2D eigenvalue weighted by molar-refractivity contribution is -0.303. The van der Waals surface area contributed by atoms with Gasteiger partial charge in [-0.3, -0.25) is 4.79 Å². The minimum Gasteiger partial charge on any atom is -0.528 e. The topological polar surface area (TPSA) is 115 Å². The molecule has 0 aliphatic carbocycles. The van der Waals surface area contributed by atoms with Crippen LogP contribution < -0.4 is 20.1 Å². The molecule has 0 unspecified atom stereocenters. The molecule has 5 aromatic rings. The van der Waals surface area contributed by atoms with Crippen LogP contribution in [-0.4, -0.2) is 32.9 Å². The van der Waals surface area contributed by atoms with E-state index in [4.69, 9.17) is 14.5 Å². The van der Waals surface area contributed by atoms with Gasteiger partial charge in [-0.1, -0.05) is 61.9 Å². The molecule has 2 heterocycles. The van der Waals surface area contributed by atoms with E-state index >= 15 is 0 Å². The smallest absolute Gasteiger partial charge is 0.303 e. The Morgan fingerprint density at radius 2 is 1.66 bits per heavy atom. The molecule has 0 aliphatic rings. The summed E-state index contributed by atoms with van der Waals surface area (Å²) in [7, 11) is 1.52. The monoisotopic (exact) mass is 551 g/mol. The van der Waals surface area contributed by atoms with Gasteiger partial charge in [0.15, 0.2) is 11.9 Å². The van der Waals surface area contributed by atoms with Crippen molar-refractivity contribution in [2.45, 2.75) is 46.1 Å². The van der Waals surface area contributed by atoms with Gasteiger partial charge in [-0.05, 0) is 61.2 Å². The third kappa shape index (κ3) is 5.99. The average Bonchev–Trinajstić information content (AvgIpc) is 3.41. The molecular formula is C32H31N4O5-. The van der Waals surface area contributed by atoms with Crippen molar-refractivity contribution in [3.8, 4) is 46.0 Å². The molecule has 3 aromatic carbocycles. The summed E-state index contributed by atoms with van der Waals surface area (Å²) >= 11 is 0. The van der Waals surface area contributed by atoms with Crippen molar-refractivity contribution >= 4 is 0 Å². The normalized spacial score (nSPS) is 11.1. The third-order valence-electron chi connectivity index (χ3n) is 6.59. The highest BCUT2D eigenvalue weighted by atomic mass is 16.6. The summed E-state index contributed by atoms with van der Waals surface area (Å²) in [4.78, 5) is 22.6. The summed E-state index contributed by atoms with van der Waals surface area (Å²) < 4.78 is 17.5. The Morgan fingerprint density at radius 1 is 0.951 bits per heavy atom. The molecule has 2 aromatic heterocycles. The van der Waals surface area contributed by atoms with Crippen LogP contribution >= 0.6 is 0 Å². The van der Waals surface area contributed by atoms with E-state index in [0.717, 1.165) is 34.6 Å². The molecule has 0 amide bonds. The molecule has 0 N–H and O–H groups in total. The van der Waals surface area contributed by atoms with Crippen molar-refractivity contribution in [1.29, 1.82) is 0 Å². The van der Waals surface area contributed by atoms with Gasteiger partial charge in [0.2, 0.25) is 0 Å². The van der Waals surface area contributed by atoms with Crippen molar-refractivity contribution in [3.05, 3.63) is 100.0 Å². The predicted molar refractivity (Wildman–Crippen MR) is 154 cm³/mol. The summed E-state index contributed by atoms with van der Waals surface area (Å²) in [6.07, 6.45) is 1.22. The van der Waals surface area contributed by atoms with E-state index in [1.54, 1.807) is 0 Å². The maximum atomic E-state index is 14.0. The first-order chi connectivity index (χ1) is 19.9. The Morgan fingerprint density at radius 3 is 2.27 bits per heavy atom. The Labute approximate surface area is 238 Å². The summed E-state index contributed by atoms with van der Waals surface area (Å²) in [6.45, 7) is 5.99. The van der Waals surface area contributed by atoms with E-state index in [9.17, 15) is 9.90 Å². The minimum absolute atomic E-state index is 0.0456. The molecule has 0 saturated carbocycles. The SMILES string of the molecule is CCCc1nc(OC)n(-c2ccc(OC(C)C)cc2)c(=O)c1Cc1ccc(-c2ccccc2-c2noc([O-])n2)cc1. The van der Waals surface area contributed by atoms with Crippen molar-refractivity contribution in [2.75, 3.05) is 7.11 Å². The zero-order valence-electron chi connectivity index (χ0n) is 23.5. The van der Waals surface area contributed by atoms with Crippen LogP contribution in [0.15, 0.2) is 82.1 Å². The Hall–Kier alpha value is -4.92. The van der Waals surface area contributed by atoms with Crippen molar-refractivity contribution in [2.24, 2.45) is 0 Å². The number of ether oxygens (including phenoxy) is 2. The number of rotatable bonds is 10. The fourth-order valence-electron chi connectivity index (χ4n) is 4.77. The van der Waals surface area contributed by atoms with Gasteiger partial charge >= 0.3 is 6.01 Å². The van der Waals surface area contributed by atoms with Crippen LogP contribution in [0, 0.1) is 0 Å². The molecule has 5 rings (SSSR count). The number of benzene rings is 3. The molecule has 9 nitrogen and oxygen atoms in total. The second-order valence-corrected chi connectivity index (χ2v) is 9.88. The zero-order chi connectivity index (χ0) is 28.9. The fourth-order valence-corrected chi connectivity index (χ4v) is 4.77. The van der Waals surface area contributed by atoms with Crippen LogP contribution in [0.2, 0.25) is 0 Å². The van der Waals surface area contributed by atoms with Gasteiger partial charge < -0.3 is 19.1 Å². The van der Waals surface area contributed by atoms with Gasteiger partial charge in [0.1, 0.15) is 5.75 Å². The van der Waals surface area contributed by atoms with Crippen LogP contribution in [0.5, 0.6) is 17.8 Å². The first-order valence-corrected chi connectivity index (χ1v) is 13.5. The lowest BCUT2D eigenvalue weighted by Crippen LogP contribution is -2.27. The summed E-state index contributed by atoms with van der Waals surface area (Å²) in [6, 6.07) is 23.1. The van der Waals surface area contributed by atoms with Crippen LogP contribution in [0.1, 0.15) is 44.0 Å². The lowest BCUT2D eigenvalue weighted by atomic mass is 9.96. The quantitative estimate of drug-likeness (QED) is 0.228. The Balaban J connectivity index is 1.50. The number of methoxy groups -OCH3 is 1. The summed E-state index contributed by atoms with van der Waals surface area (Å²) in [5, 5.41) is 15.2. The summed E-state index contributed by atoms with van der Waals surface area (Å²) in [5.41, 5.74) is 5.27.